The van der Waals surface area contributed by atoms with Gasteiger partial charge in [-0.05, 0) is 31.5 Å². The lowest BCUT2D eigenvalue weighted by Gasteiger charge is -2.13. The zero-order chi connectivity index (χ0) is 15.3. The largest absolute Gasteiger partial charge is 0.398 e. The van der Waals surface area contributed by atoms with E-state index in [0.717, 1.165) is 12.8 Å². The molecule has 0 aromatic heterocycles. The Morgan fingerprint density at radius 1 is 1.45 bits per heavy atom. The minimum atomic E-state index is -3.71. The quantitative estimate of drug-likeness (QED) is 0.785. The Labute approximate surface area is 124 Å². The van der Waals surface area contributed by atoms with E-state index in [9.17, 15) is 13.2 Å². The number of sulfone groups is 1. The highest BCUT2D eigenvalue weighted by atomic mass is 35.5. The minimum absolute atomic E-state index is 0.00463. The van der Waals surface area contributed by atoms with Gasteiger partial charge in [0.1, 0.15) is 5.75 Å². The third-order valence-corrected chi connectivity index (χ3v) is 4.72. The van der Waals surface area contributed by atoms with Gasteiger partial charge in [0.2, 0.25) is 5.91 Å². The van der Waals surface area contributed by atoms with E-state index in [4.69, 9.17) is 17.3 Å². The Bertz CT molecular complexity index is 587. The zero-order valence-electron chi connectivity index (χ0n) is 11.5. The second-order valence-electron chi connectivity index (χ2n) is 4.70. The molecule has 0 heterocycles. The molecule has 0 aliphatic carbocycles. The van der Waals surface area contributed by atoms with Crippen molar-refractivity contribution in [1.29, 1.82) is 0 Å². The summed E-state index contributed by atoms with van der Waals surface area (Å²) in [5.74, 6) is -1.11. The minimum Gasteiger partial charge on any atom is -0.398 e. The third kappa shape index (κ3) is 4.68. The van der Waals surface area contributed by atoms with Gasteiger partial charge in [0.15, 0.2) is 9.84 Å². The molecule has 1 rings (SSSR count). The van der Waals surface area contributed by atoms with Gasteiger partial charge < -0.3 is 11.1 Å². The molecule has 0 saturated heterocycles. The first-order valence-corrected chi connectivity index (χ1v) is 8.36. The number of carbonyl (C=O) groups excluding carboxylic acids is 1. The number of rotatable bonds is 6. The summed E-state index contributed by atoms with van der Waals surface area (Å²) in [4.78, 5) is 11.7. The van der Waals surface area contributed by atoms with Gasteiger partial charge >= 0.3 is 0 Å². The molecular formula is C13H19ClN2O3S. The number of nitrogens with one attached hydrogen (secondary N) is 1. The van der Waals surface area contributed by atoms with E-state index < -0.39 is 21.5 Å². The number of anilines is 1. The molecule has 0 spiro atoms. The summed E-state index contributed by atoms with van der Waals surface area (Å²) in [7, 11) is -3.71. The molecule has 20 heavy (non-hydrogen) atoms. The monoisotopic (exact) mass is 318 g/mol. The second kappa shape index (κ2) is 6.95. The van der Waals surface area contributed by atoms with Crippen molar-refractivity contribution in [3.8, 4) is 0 Å². The normalized spacial score (nSPS) is 12.9. The summed E-state index contributed by atoms with van der Waals surface area (Å²) < 4.78 is 24.2. The number of benzene rings is 1. The average Bonchev–Trinajstić information content (AvgIpc) is 2.31. The maximum absolute atomic E-state index is 12.1. The zero-order valence-corrected chi connectivity index (χ0v) is 13.1. The SMILES string of the molecule is CCCC(C)NC(=O)CS(=O)(=O)c1ccc(N)c(Cl)c1. The van der Waals surface area contributed by atoms with Gasteiger partial charge in [-0.1, -0.05) is 24.9 Å². The Hall–Kier alpha value is -1.27. The Morgan fingerprint density at radius 3 is 2.65 bits per heavy atom. The van der Waals surface area contributed by atoms with E-state index in [1.807, 2.05) is 13.8 Å². The third-order valence-electron chi connectivity index (χ3n) is 2.78. The molecule has 0 radical (unpaired) electrons. The van der Waals surface area contributed by atoms with Crippen molar-refractivity contribution < 1.29 is 13.2 Å². The lowest BCUT2D eigenvalue weighted by molar-refractivity contribution is -0.119. The first kappa shape index (κ1) is 16.8. The lowest BCUT2D eigenvalue weighted by Crippen LogP contribution is -2.36. The van der Waals surface area contributed by atoms with Gasteiger partial charge in [-0.15, -0.1) is 0 Å². The van der Waals surface area contributed by atoms with E-state index >= 15 is 0 Å². The molecule has 0 aliphatic heterocycles. The number of nitrogens with two attached hydrogens (primary N) is 1. The summed E-state index contributed by atoms with van der Waals surface area (Å²) in [6.07, 6.45) is 1.72. The van der Waals surface area contributed by atoms with Gasteiger partial charge in [0, 0.05) is 6.04 Å². The molecule has 7 heteroatoms. The fourth-order valence-electron chi connectivity index (χ4n) is 1.78. The summed E-state index contributed by atoms with van der Waals surface area (Å²) >= 11 is 5.79. The van der Waals surface area contributed by atoms with Crippen molar-refractivity contribution in [2.75, 3.05) is 11.5 Å². The molecule has 0 aliphatic rings. The number of amides is 1. The molecular weight excluding hydrogens is 300 g/mol. The van der Waals surface area contributed by atoms with Crippen LogP contribution in [0.2, 0.25) is 5.02 Å². The van der Waals surface area contributed by atoms with Gasteiger partial charge in [0.25, 0.3) is 0 Å². The van der Waals surface area contributed by atoms with E-state index in [1.54, 1.807) is 0 Å². The molecule has 3 N–H and O–H groups in total. The fraction of sp³-hybridized carbons (Fsp3) is 0.462. The highest BCUT2D eigenvalue weighted by molar-refractivity contribution is 7.92. The van der Waals surface area contributed by atoms with Crippen molar-refractivity contribution >= 4 is 33.0 Å². The summed E-state index contributed by atoms with van der Waals surface area (Å²) in [5, 5.41) is 2.82. The van der Waals surface area contributed by atoms with E-state index in [2.05, 4.69) is 5.32 Å². The number of hydrogen-bond donors (Lipinski definition) is 2. The van der Waals surface area contributed by atoms with Crippen LogP contribution in [-0.4, -0.2) is 26.1 Å². The van der Waals surface area contributed by atoms with Crippen LogP contribution in [0.4, 0.5) is 5.69 Å². The van der Waals surface area contributed by atoms with Crippen molar-refractivity contribution in [3.63, 3.8) is 0 Å². The van der Waals surface area contributed by atoms with Crippen LogP contribution in [-0.2, 0) is 14.6 Å². The average molecular weight is 319 g/mol. The Kier molecular flexibility index (Phi) is 5.83. The summed E-state index contributed by atoms with van der Waals surface area (Å²) in [6, 6.07) is 3.97. The maximum Gasteiger partial charge on any atom is 0.235 e. The highest BCUT2D eigenvalue weighted by Crippen LogP contribution is 2.23. The van der Waals surface area contributed by atoms with Crippen LogP contribution in [0.15, 0.2) is 23.1 Å². The number of nitrogen functional groups attached to an aromatic ring is 1. The molecule has 0 fully saturated rings. The Morgan fingerprint density at radius 2 is 2.10 bits per heavy atom. The van der Waals surface area contributed by atoms with E-state index in [-0.39, 0.29) is 16.0 Å². The van der Waals surface area contributed by atoms with Crippen LogP contribution in [0.5, 0.6) is 0 Å². The van der Waals surface area contributed by atoms with Crippen molar-refractivity contribution in [1.82, 2.24) is 5.32 Å². The molecule has 1 atom stereocenters. The Balaban J connectivity index is 2.79. The molecule has 5 nitrogen and oxygen atoms in total. The van der Waals surface area contributed by atoms with Crippen molar-refractivity contribution in [2.24, 2.45) is 0 Å². The van der Waals surface area contributed by atoms with Crippen molar-refractivity contribution in [3.05, 3.63) is 23.2 Å². The van der Waals surface area contributed by atoms with Gasteiger partial charge in [-0.3, -0.25) is 4.79 Å². The predicted octanol–water partition coefficient (Wildman–Crippen LogP) is 2.00. The standard InChI is InChI=1S/C13H19ClN2O3S/c1-3-4-9(2)16-13(17)8-20(18,19)10-5-6-12(15)11(14)7-10/h5-7,9H,3-4,8,15H2,1-2H3,(H,16,17). The molecule has 112 valence electrons. The smallest absolute Gasteiger partial charge is 0.235 e. The fourth-order valence-corrected chi connectivity index (χ4v) is 3.19. The topological polar surface area (TPSA) is 89.3 Å². The second-order valence-corrected chi connectivity index (χ2v) is 7.10. The first-order chi connectivity index (χ1) is 9.26. The van der Waals surface area contributed by atoms with Crippen LogP contribution in [0, 0.1) is 0 Å². The van der Waals surface area contributed by atoms with Crippen LogP contribution in [0.1, 0.15) is 26.7 Å². The molecule has 1 unspecified atom stereocenters. The number of hydrogen-bond acceptors (Lipinski definition) is 4. The number of carbonyl (C=O) groups is 1. The first-order valence-electron chi connectivity index (χ1n) is 6.33. The molecule has 1 amide bonds. The van der Waals surface area contributed by atoms with Gasteiger partial charge in [0.05, 0.1) is 15.6 Å². The molecule has 1 aromatic rings. The van der Waals surface area contributed by atoms with Crippen LogP contribution >= 0.6 is 11.6 Å². The van der Waals surface area contributed by atoms with Gasteiger partial charge in [-0.25, -0.2) is 8.42 Å². The molecule has 1 aromatic carbocycles. The number of halogens is 1. The maximum atomic E-state index is 12.1. The van der Waals surface area contributed by atoms with E-state index in [1.165, 1.54) is 18.2 Å². The van der Waals surface area contributed by atoms with Crippen LogP contribution in [0.25, 0.3) is 0 Å². The molecule has 0 bridgehead atoms. The van der Waals surface area contributed by atoms with Crippen LogP contribution < -0.4 is 11.1 Å². The van der Waals surface area contributed by atoms with E-state index in [0.29, 0.717) is 5.69 Å². The van der Waals surface area contributed by atoms with Gasteiger partial charge in [-0.2, -0.15) is 0 Å². The molecule has 0 saturated carbocycles. The predicted molar refractivity (Wildman–Crippen MR) is 80.4 cm³/mol. The highest BCUT2D eigenvalue weighted by Gasteiger charge is 2.21. The lowest BCUT2D eigenvalue weighted by atomic mass is 10.2. The van der Waals surface area contributed by atoms with Crippen molar-refractivity contribution in [2.45, 2.75) is 37.6 Å². The summed E-state index contributed by atoms with van der Waals surface area (Å²) in [6.45, 7) is 3.84. The summed E-state index contributed by atoms with van der Waals surface area (Å²) in [5.41, 5.74) is 5.82. The van der Waals surface area contributed by atoms with Crippen LogP contribution in [0.3, 0.4) is 0 Å².